The van der Waals surface area contributed by atoms with E-state index in [9.17, 15) is 15.3 Å². The summed E-state index contributed by atoms with van der Waals surface area (Å²) >= 11 is 0. The maximum atomic E-state index is 10.9. The van der Waals surface area contributed by atoms with Crippen LogP contribution in [0, 0.1) is 0 Å². The first kappa shape index (κ1) is 20.6. The van der Waals surface area contributed by atoms with Crippen LogP contribution in [0.3, 0.4) is 0 Å². The molecule has 3 rings (SSSR count). The van der Waals surface area contributed by atoms with Crippen molar-refractivity contribution in [2.75, 3.05) is 7.11 Å². The Labute approximate surface area is 170 Å². The second-order valence-electron chi connectivity index (χ2n) is 7.03. The fraction of sp³-hybridized carbons (Fsp3) is 0.261. The van der Waals surface area contributed by atoms with E-state index in [1.807, 2.05) is 42.5 Å². The van der Waals surface area contributed by atoms with Crippen molar-refractivity contribution in [2.24, 2.45) is 0 Å². The van der Waals surface area contributed by atoms with E-state index in [-0.39, 0.29) is 17.9 Å². The normalized spacial score (nSPS) is 14.1. The van der Waals surface area contributed by atoms with Crippen LogP contribution in [0.25, 0.3) is 0 Å². The van der Waals surface area contributed by atoms with E-state index in [4.69, 9.17) is 9.47 Å². The molecule has 0 amide bonds. The number of aromatic hydroxyl groups is 1. The van der Waals surface area contributed by atoms with Crippen molar-refractivity contribution in [2.45, 2.75) is 31.7 Å². The first-order valence-corrected chi connectivity index (χ1v) is 9.29. The van der Waals surface area contributed by atoms with Crippen LogP contribution in [0.2, 0.25) is 0 Å². The maximum absolute atomic E-state index is 10.9. The summed E-state index contributed by atoms with van der Waals surface area (Å²) in [6.07, 6.45) is 0.433. The Balaban J connectivity index is 1.69. The number of hydrogen-bond donors (Lipinski definition) is 3. The monoisotopic (exact) mass is 395 g/mol. The molecule has 0 aliphatic rings. The summed E-state index contributed by atoms with van der Waals surface area (Å²) in [7, 11) is 1.58. The van der Waals surface area contributed by atoms with Gasteiger partial charge in [0.05, 0.1) is 19.4 Å². The second kappa shape index (κ2) is 8.94. The zero-order chi connectivity index (χ0) is 20.9. The molecule has 0 spiro atoms. The first-order chi connectivity index (χ1) is 13.9. The molecule has 0 fully saturated rings. The van der Waals surface area contributed by atoms with Crippen LogP contribution in [0.4, 0.5) is 0 Å². The summed E-state index contributed by atoms with van der Waals surface area (Å²) in [6, 6.07) is 18.2. The van der Waals surface area contributed by atoms with Gasteiger partial charge in [-0.3, -0.25) is 4.98 Å². The van der Waals surface area contributed by atoms with E-state index in [0.717, 1.165) is 11.1 Å². The number of methoxy groups -OCH3 is 1. The van der Waals surface area contributed by atoms with E-state index in [0.29, 0.717) is 18.1 Å². The molecule has 3 aromatic rings. The molecular formula is C23H25NO5. The van der Waals surface area contributed by atoms with Crippen LogP contribution in [0.5, 0.6) is 17.2 Å². The molecule has 29 heavy (non-hydrogen) atoms. The molecule has 0 aliphatic heterocycles. The van der Waals surface area contributed by atoms with E-state index in [1.54, 1.807) is 19.2 Å². The predicted molar refractivity (Wildman–Crippen MR) is 109 cm³/mol. The molecule has 152 valence electrons. The topological polar surface area (TPSA) is 92.0 Å². The molecule has 1 heterocycles. The minimum atomic E-state index is -1.75. The first-order valence-electron chi connectivity index (χ1n) is 9.29. The Bertz CT molecular complexity index is 926. The average Bonchev–Trinajstić information content (AvgIpc) is 2.73. The van der Waals surface area contributed by atoms with Gasteiger partial charge in [-0.15, -0.1) is 0 Å². The molecule has 2 atom stereocenters. The van der Waals surface area contributed by atoms with Gasteiger partial charge in [0.15, 0.2) is 0 Å². The molecule has 3 N–H and O–H groups in total. The van der Waals surface area contributed by atoms with Crippen molar-refractivity contribution < 1.29 is 24.8 Å². The van der Waals surface area contributed by atoms with Crippen molar-refractivity contribution in [3.63, 3.8) is 0 Å². The van der Waals surface area contributed by atoms with Gasteiger partial charge in [-0.25, -0.2) is 0 Å². The molecule has 0 saturated heterocycles. The Kier molecular flexibility index (Phi) is 6.36. The number of aliphatic hydroxyl groups is 2. The van der Waals surface area contributed by atoms with Gasteiger partial charge >= 0.3 is 0 Å². The van der Waals surface area contributed by atoms with Crippen molar-refractivity contribution >= 4 is 0 Å². The maximum Gasteiger partial charge on any atom is 0.143 e. The van der Waals surface area contributed by atoms with Gasteiger partial charge < -0.3 is 24.8 Å². The van der Waals surface area contributed by atoms with Crippen molar-refractivity contribution in [3.8, 4) is 17.2 Å². The van der Waals surface area contributed by atoms with E-state index < -0.39 is 11.7 Å². The number of aromatic nitrogens is 1. The zero-order valence-corrected chi connectivity index (χ0v) is 16.4. The predicted octanol–water partition coefficient (Wildman–Crippen LogP) is 3.19. The smallest absolute Gasteiger partial charge is 0.143 e. The van der Waals surface area contributed by atoms with Crippen LogP contribution in [0.1, 0.15) is 23.7 Å². The highest BCUT2D eigenvalue weighted by molar-refractivity contribution is 5.38. The van der Waals surface area contributed by atoms with E-state index in [1.165, 1.54) is 19.2 Å². The second-order valence-corrected chi connectivity index (χ2v) is 7.03. The molecule has 0 saturated carbocycles. The van der Waals surface area contributed by atoms with E-state index in [2.05, 4.69) is 4.98 Å². The number of aliphatic hydroxyl groups excluding tert-OH is 1. The van der Waals surface area contributed by atoms with Crippen LogP contribution >= 0.6 is 0 Å². The summed E-state index contributed by atoms with van der Waals surface area (Å²) in [5.41, 5.74) is 0.0477. The summed E-state index contributed by atoms with van der Waals surface area (Å²) in [5.74, 6) is 0.838. The summed E-state index contributed by atoms with van der Waals surface area (Å²) < 4.78 is 10.8. The van der Waals surface area contributed by atoms with E-state index >= 15 is 0 Å². The van der Waals surface area contributed by atoms with Crippen LogP contribution in [0.15, 0.2) is 66.9 Å². The molecule has 1 unspecified atom stereocenters. The number of rotatable bonds is 8. The number of benzene rings is 2. The minimum Gasteiger partial charge on any atom is -0.506 e. The fourth-order valence-electron chi connectivity index (χ4n) is 2.99. The van der Waals surface area contributed by atoms with Crippen LogP contribution in [-0.4, -0.2) is 33.5 Å². The zero-order valence-electron chi connectivity index (χ0n) is 16.4. The average molecular weight is 395 g/mol. The van der Waals surface area contributed by atoms with Gasteiger partial charge in [0, 0.05) is 12.5 Å². The highest BCUT2D eigenvalue weighted by atomic mass is 16.5. The van der Waals surface area contributed by atoms with Gasteiger partial charge in [0.2, 0.25) is 0 Å². The Hall–Kier alpha value is -3.09. The summed E-state index contributed by atoms with van der Waals surface area (Å²) in [5, 5.41) is 31.8. The lowest BCUT2D eigenvalue weighted by atomic mass is 9.89. The number of pyridine rings is 1. The Morgan fingerprint density at radius 1 is 1.00 bits per heavy atom. The summed E-state index contributed by atoms with van der Waals surface area (Å²) in [4.78, 5) is 4.15. The molecule has 1 aromatic heterocycles. The lowest BCUT2D eigenvalue weighted by Gasteiger charge is -2.29. The number of hydrogen-bond acceptors (Lipinski definition) is 6. The van der Waals surface area contributed by atoms with Gasteiger partial charge in [0.25, 0.3) is 0 Å². The quantitative estimate of drug-likeness (QED) is 0.543. The third kappa shape index (κ3) is 5.04. The molecule has 6 nitrogen and oxygen atoms in total. The standard InChI is InChI=1S/C23H25NO5/c1-23(27,21(26)12-16-8-10-18(28-2)11-9-16)22-20(25)13-19(14-24-22)29-15-17-6-4-3-5-7-17/h3-11,13-14,21,25-27H,12,15H2,1-2H3/t21-,23?/m0/s1. The molecule has 6 heteroatoms. The third-order valence-electron chi connectivity index (χ3n) is 4.81. The van der Waals surface area contributed by atoms with Crippen LogP contribution < -0.4 is 9.47 Å². The molecular weight excluding hydrogens is 370 g/mol. The Morgan fingerprint density at radius 3 is 2.31 bits per heavy atom. The SMILES string of the molecule is COc1ccc(C[C@H](O)C(C)(O)c2ncc(OCc3ccccc3)cc2O)cc1. The van der Waals surface area contributed by atoms with Gasteiger partial charge in [-0.1, -0.05) is 42.5 Å². The fourth-order valence-corrected chi connectivity index (χ4v) is 2.99. The van der Waals surface area contributed by atoms with Crippen molar-refractivity contribution in [3.05, 3.63) is 83.7 Å². The molecule has 0 bridgehead atoms. The molecule has 0 radical (unpaired) electrons. The Morgan fingerprint density at radius 2 is 1.69 bits per heavy atom. The largest absolute Gasteiger partial charge is 0.506 e. The van der Waals surface area contributed by atoms with Gasteiger partial charge in [-0.2, -0.15) is 0 Å². The highest BCUT2D eigenvalue weighted by Crippen LogP contribution is 2.33. The molecule has 2 aromatic carbocycles. The number of nitrogens with zero attached hydrogens (tertiary/aromatic N) is 1. The van der Waals surface area contributed by atoms with Gasteiger partial charge in [-0.05, 0) is 30.2 Å². The van der Waals surface area contributed by atoms with Gasteiger partial charge in [0.1, 0.15) is 35.2 Å². The van der Waals surface area contributed by atoms with Crippen LogP contribution in [-0.2, 0) is 18.6 Å². The highest BCUT2D eigenvalue weighted by Gasteiger charge is 2.36. The number of ether oxygens (including phenoxy) is 2. The lowest BCUT2D eigenvalue weighted by Crippen LogP contribution is -2.38. The molecule has 0 aliphatic carbocycles. The third-order valence-corrected chi connectivity index (χ3v) is 4.81. The van der Waals surface area contributed by atoms with Crippen molar-refractivity contribution in [1.29, 1.82) is 0 Å². The summed E-state index contributed by atoms with van der Waals surface area (Å²) in [6.45, 7) is 1.76. The van der Waals surface area contributed by atoms with Crippen molar-refractivity contribution in [1.82, 2.24) is 4.98 Å². The minimum absolute atomic E-state index is 0.00873. The lowest BCUT2D eigenvalue weighted by molar-refractivity contribution is -0.0702.